The van der Waals surface area contributed by atoms with Gasteiger partial charge in [0, 0.05) is 31.0 Å². The smallest absolute Gasteiger partial charge is 0.129 e. The van der Waals surface area contributed by atoms with Crippen LogP contribution in [0.25, 0.3) is 0 Å². The second-order valence-electron chi connectivity index (χ2n) is 3.49. The molecular weight excluding hydrogens is 204 g/mol. The summed E-state index contributed by atoms with van der Waals surface area (Å²) in [5.41, 5.74) is 0.966. The van der Waals surface area contributed by atoms with E-state index in [1.165, 1.54) is 0 Å². The molecule has 0 fully saturated rings. The monoisotopic (exact) mass is 218 g/mol. The van der Waals surface area contributed by atoms with Crippen LogP contribution in [0, 0.1) is 6.92 Å². The molecule has 0 aliphatic heterocycles. The lowest BCUT2D eigenvalue weighted by molar-refractivity contribution is 0.569. The molecule has 0 bridgehead atoms. The van der Waals surface area contributed by atoms with E-state index in [9.17, 15) is 0 Å². The van der Waals surface area contributed by atoms with Gasteiger partial charge in [-0.15, -0.1) is 5.10 Å². The summed E-state index contributed by atoms with van der Waals surface area (Å²) in [6.07, 6.45) is 6.08. The molecule has 0 radical (unpaired) electrons. The van der Waals surface area contributed by atoms with Gasteiger partial charge in [-0.05, 0) is 13.3 Å². The highest BCUT2D eigenvalue weighted by atomic mass is 15.4. The number of aryl methyl sites for hydroxylation is 2. The SMILES string of the molecule is Cc1cc(NCCCn2ccnn2)ncn1. The fraction of sp³-hybridized carbons (Fsp3) is 0.400. The Hall–Kier alpha value is -1.98. The summed E-state index contributed by atoms with van der Waals surface area (Å²) in [5, 5.41) is 10.9. The highest BCUT2D eigenvalue weighted by Gasteiger charge is 1.95. The van der Waals surface area contributed by atoms with Crippen molar-refractivity contribution in [3.05, 3.63) is 30.5 Å². The number of rotatable bonds is 5. The molecule has 2 rings (SSSR count). The molecule has 2 heterocycles. The van der Waals surface area contributed by atoms with E-state index < -0.39 is 0 Å². The van der Waals surface area contributed by atoms with Crippen molar-refractivity contribution in [2.75, 3.05) is 11.9 Å². The molecule has 1 N–H and O–H groups in total. The van der Waals surface area contributed by atoms with E-state index in [1.807, 2.05) is 23.9 Å². The number of nitrogens with one attached hydrogen (secondary N) is 1. The number of hydrogen-bond acceptors (Lipinski definition) is 5. The Bertz CT molecular complexity index is 425. The zero-order chi connectivity index (χ0) is 11.2. The molecule has 0 unspecified atom stereocenters. The van der Waals surface area contributed by atoms with E-state index in [2.05, 4.69) is 25.6 Å². The molecule has 0 saturated heterocycles. The van der Waals surface area contributed by atoms with Gasteiger partial charge in [0.2, 0.25) is 0 Å². The predicted molar refractivity (Wildman–Crippen MR) is 59.9 cm³/mol. The number of anilines is 1. The normalized spacial score (nSPS) is 10.3. The average molecular weight is 218 g/mol. The lowest BCUT2D eigenvalue weighted by atomic mass is 10.4. The molecule has 0 aliphatic rings. The van der Waals surface area contributed by atoms with Crippen molar-refractivity contribution in [1.82, 2.24) is 25.0 Å². The lowest BCUT2D eigenvalue weighted by Gasteiger charge is -2.05. The zero-order valence-corrected chi connectivity index (χ0v) is 9.17. The average Bonchev–Trinajstić information content (AvgIpc) is 2.77. The standard InChI is InChI=1S/C10H14N6/c1-9-7-10(13-8-12-9)11-3-2-5-16-6-4-14-15-16/h4,6-8H,2-3,5H2,1H3,(H,11,12,13). The molecule has 0 aliphatic carbocycles. The van der Waals surface area contributed by atoms with Crippen LogP contribution in [-0.2, 0) is 6.54 Å². The molecule has 0 spiro atoms. The van der Waals surface area contributed by atoms with Gasteiger partial charge < -0.3 is 5.32 Å². The second-order valence-corrected chi connectivity index (χ2v) is 3.49. The Labute approximate surface area is 93.7 Å². The van der Waals surface area contributed by atoms with Crippen LogP contribution in [0.3, 0.4) is 0 Å². The first-order chi connectivity index (χ1) is 7.84. The first kappa shape index (κ1) is 10.5. The summed E-state index contributed by atoms with van der Waals surface area (Å²) in [7, 11) is 0. The third-order valence-corrected chi connectivity index (χ3v) is 2.15. The van der Waals surface area contributed by atoms with Gasteiger partial charge in [-0.25, -0.2) is 9.97 Å². The molecule has 16 heavy (non-hydrogen) atoms. The van der Waals surface area contributed by atoms with Crippen LogP contribution in [0.5, 0.6) is 0 Å². The Kier molecular flexibility index (Phi) is 3.42. The van der Waals surface area contributed by atoms with E-state index in [1.54, 1.807) is 12.5 Å². The van der Waals surface area contributed by atoms with Crippen LogP contribution in [0.1, 0.15) is 12.1 Å². The zero-order valence-electron chi connectivity index (χ0n) is 9.17. The molecule has 0 amide bonds. The van der Waals surface area contributed by atoms with E-state index >= 15 is 0 Å². The summed E-state index contributed by atoms with van der Waals surface area (Å²) in [6, 6.07) is 1.93. The number of aromatic nitrogens is 5. The summed E-state index contributed by atoms with van der Waals surface area (Å²) < 4.78 is 1.81. The van der Waals surface area contributed by atoms with Gasteiger partial charge in [0.15, 0.2) is 0 Å². The van der Waals surface area contributed by atoms with Crippen LogP contribution >= 0.6 is 0 Å². The minimum atomic E-state index is 0.857. The molecule has 6 heteroatoms. The highest BCUT2D eigenvalue weighted by Crippen LogP contribution is 2.02. The molecule has 0 saturated carbocycles. The van der Waals surface area contributed by atoms with Crippen molar-refractivity contribution in [1.29, 1.82) is 0 Å². The number of nitrogens with zero attached hydrogens (tertiary/aromatic N) is 5. The first-order valence-electron chi connectivity index (χ1n) is 5.21. The molecular formula is C10H14N6. The Morgan fingerprint density at radius 3 is 3.06 bits per heavy atom. The van der Waals surface area contributed by atoms with Gasteiger partial charge in [0.05, 0.1) is 6.20 Å². The second kappa shape index (κ2) is 5.20. The van der Waals surface area contributed by atoms with E-state index in [0.717, 1.165) is 31.0 Å². The fourth-order valence-corrected chi connectivity index (χ4v) is 1.36. The maximum Gasteiger partial charge on any atom is 0.129 e. The molecule has 0 aromatic carbocycles. The third kappa shape index (κ3) is 3.01. The summed E-state index contributed by atoms with van der Waals surface area (Å²) in [6.45, 7) is 3.66. The summed E-state index contributed by atoms with van der Waals surface area (Å²) >= 11 is 0. The van der Waals surface area contributed by atoms with Gasteiger partial charge in [-0.1, -0.05) is 5.21 Å². The van der Waals surface area contributed by atoms with Crippen LogP contribution in [0.4, 0.5) is 5.82 Å². The minimum absolute atomic E-state index is 0.857. The third-order valence-electron chi connectivity index (χ3n) is 2.15. The van der Waals surface area contributed by atoms with Crippen molar-refractivity contribution < 1.29 is 0 Å². The topological polar surface area (TPSA) is 68.5 Å². The largest absolute Gasteiger partial charge is 0.370 e. The maximum absolute atomic E-state index is 4.12. The van der Waals surface area contributed by atoms with Crippen molar-refractivity contribution in [3.63, 3.8) is 0 Å². The van der Waals surface area contributed by atoms with Gasteiger partial charge in [-0.2, -0.15) is 0 Å². The van der Waals surface area contributed by atoms with Gasteiger partial charge in [-0.3, -0.25) is 4.68 Å². The van der Waals surface area contributed by atoms with E-state index in [4.69, 9.17) is 0 Å². The lowest BCUT2D eigenvalue weighted by Crippen LogP contribution is -2.08. The van der Waals surface area contributed by atoms with Crippen molar-refractivity contribution in [2.24, 2.45) is 0 Å². The predicted octanol–water partition coefficient (Wildman–Crippen LogP) is 0.879. The quantitative estimate of drug-likeness (QED) is 0.754. The van der Waals surface area contributed by atoms with Crippen molar-refractivity contribution in [3.8, 4) is 0 Å². The van der Waals surface area contributed by atoms with Crippen LogP contribution < -0.4 is 5.32 Å². The fourth-order valence-electron chi connectivity index (χ4n) is 1.36. The molecule has 2 aromatic heterocycles. The summed E-state index contributed by atoms with van der Waals surface area (Å²) in [4.78, 5) is 8.15. The highest BCUT2D eigenvalue weighted by molar-refractivity contribution is 5.33. The van der Waals surface area contributed by atoms with Crippen LogP contribution in [-0.4, -0.2) is 31.5 Å². The van der Waals surface area contributed by atoms with Crippen molar-refractivity contribution in [2.45, 2.75) is 19.9 Å². The number of hydrogen-bond donors (Lipinski definition) is 1. The van der Waals surface area contributed by atoms with Crippen LogP contribution in [0.15, 0.2) is 24.8 Å². The minimum Gasteiger partial charge on any atom is -0.370 e. The first-order valence-corrected chi connectivity index (χ1v) is 5.21. The molecule has 6 nitrogen and oxygen atoms in total. The maximum atomic E-state index is 4.12. The Morgan fingerprint density at radius 2 is 2.31 bits per heavy atom. The Balaban J connectivity index is 1.72. The van der Waals surface area contributed by atoms with Crippen molar-refractivity contribution >= 4 is 5.82 Å². The van der Waals surface area contributed by atoms with Gasteiger partial charge in [0.1, 0.15) is 12.1 Å². The van der Waals surface area contributed by atoms with Crippen LogP contribution in [0.2, 0.25) is 0 Å². The van der Waals surface area contributed by atoms with Gasteiger partial charge in [0.25, 0.3) is 0 Å². The van der Waals surface area contributed by atoms with E-state index in [-0.39, 0.29) is 0 Å². The Morgan fingerprint density at radius 1 is 1.38 bits per heavy atom. The molecule has 0 atom stereocenters. The molecule has 2 aromatic rings. The van der Waals surface area contributed by atoms with E-state index in [0.29, 0.717) is 0 Å². The van der Waals surface area contributed by atoms with Gasteiger partial charge >= 0.3 is 0 Å². The summed E-state index contributed by atoms with van der Waals surface area (Å²) in [5.74, 6) is 0.867. The molecule has 84 valence electrons.